The number of nitrogens with zero attached hydrogens (tertiary/aromatic N) is 1. The lowest BCUT2D eigenvalue weighted by molar-refractivity contribution is -0.384. The molecule has 0 heterocycles. The molecule has 0 spiro atoms. The van der Waals surface area contributed by atoms with Gasteiger partial charge in [-0.2, -0.15) is 0 Å². The van der Waals surface area contributed by atoms with Gasteiger partial charge in [-0.3, -0.25) is 14.9 Å². The van der Waals surface area contributed by atoms with E-state index in [1.165, 1.54) is 24.3 Å². The van der Waals surface area contributed by atoms with Gasteiger partial charge in [-0.05, 0) is 42.8 Å². The van der Waals surface area contributed by atoms with E-state index in [0.29, 0.717) is 22.8 Å². The summed E-state index contributed by atoms with van der Waals surface area (Å²) in [6.45, 7) is 1.68. The van der Waals surface area contributed by atoms with Gasteiger partial charge in [-0.1, -0.05) is 6.07 Å². The van der Waals surface area contributed by atoms with E-state index in [1.807, 2.05) is 6.07 Å². The van der Waals surface area contributed by atoms with Crippen LogP contribution in [0.3, 0.4) is 0 Å². The van der Waals surface area contributed by atoms with Crippen LogP contribution in [0, 0.1) is 10.1 Å². The Kier molecular flexibility index (Phi) is 5.73. The Morgan fingerprint density at radius 2 is 1.72 bits per heavy atom. The molecular formula is C18H18N2O5. The van der Waals surface area contributed by atoms with Crippen molar-refractivity contribution in [2.75, 3.05) is 19.5 Å². The molecule has 1 amide bonds. The maximum atomic E-state index is 12.2. The minimum absolute atomic E-state index is 0.0319. The number of rotatable bonds is 6. The summed E-state index contributed by atoms with van der Waals surface area (Å²) in [6, 6.07) is 11.0. The number of non-ortho nitro benzene ring substituents is 1. The SMILES string of the molecule is COc1ccc(/C=C(\C)C(=O)Nc2ccc([N+](=O)[O-])cc2)cc1OC. The van der Waals surface area contributed by atoms with Gasteiger partial charge in [0.2, 0.25) is 0 Å². The first-order chi connectivity index (χ1) is 11.9. The summed E-state index contributed by atoms with van der Waals surface area (Å²) >= 11 is 0. The molecule has 130 valence electrons. The molecule has 0 aliphatic rings. The molecule has 0 saturated carbocycles. The predicted molar refractivity (Wildman–Crippen MR) is 94.9 cm³/mol. The molecule has 0 unspecified atom stereocenters. The third kappa shape index (κ3) is 4.57. The molecule has 0 radical (unpaired) electrons. The summed E-state index contributed by atoms with van der Waals surface area (Å²) in [4.78, 5) is 22.4. The fourth-order valence-corrected chi connectivity index (χ4v) is 2.15. The summed E-state index contributed by atoms with van der Waals surface area (Å²) in [5.74, 6) is 0.871. The van der Waals surface area contributed by atoms with E-state index in [-0.39, 0.29) is 11.6 Å². The molecule has 2 aromatic carbocycles. The molecule has 0 saturated heterocycles. The first-order valence-electron chi connectivity index (χ1n) is 7.40. The van der Waals surface area contributed by atoms with E-state index >= 15 is 0 Å². The summed E-state index contributed by atoms with van der Waals surface area (Å²) in [5.41, 5.74) is 1.71. The Bertz CT molecular complexity index is 813. The fraction of sp³-hybridized carbons (Fsp3) is 0.167. The zero-order valence-electron chi connectivity index (χ0n) is 14.1. The zero-order valence-corrected chi connectivity index (χ0v) is 14.1. The number of carbonyl (C=O) groups excluding carboxylic acids is 1. The maximum Gasteiger partial charge on any atom is 0.269 e. The maximum absolute atomic E-state index is 12.2. The average molecular weight is 342 g/mol. The van der Waals surface area contributed by atoms with Crippen molar-refractivity contribution < 1.29 is 19.2 Å². The topological polar surface area (TPSA) is 90.7 Å². The number of hydrogen-bond acceptors (Lipinski definition) is 5. The lowest BCUT2D eigenvalue weighted by atomic mass is 10.1. The molecule has 7 heteroatoms. The van der Waals surface area contributed by atoms with Crippen molar-refractivity contribution in [2.45, 2.75) is 6.92 Å². The number of nitro benzene ring substituents is 1. The Labute approximate surface area is 145 Å². The van der Waals surface area contributed by atoms with Crippen LogP contribution in [0.15, 0.2) is 48.0 Å². The minimum atomic E-state index is -0.492. The van der Waals surface area contributed by atoms with Gasteiger partial charge in [0, 0.05) is 23.4 Å². The molecular weight excluding hydrogens is 324 g/mol. The predicted octanol–water partition coefficient (Wildman–Crippen LogP) is 3.65. The molecule has 0 atom stereocenters. The Balaban J connectivity index is 2.13. The lowest BCUT2D eigenvalue weighted by Gasteiger charge is -2.09. The molecule has 0 fully saturated rings. The lowest BCUT2D eigenvalue weighted by Crippen LogP contribution is -2.12. The van der Waals surface area contributed by atoms with Crippen LogP contribution in [0.5, 0.6) is 11.5 Å². The van der Waals surface area contributed by atoms with Crippen LogP contribution in [0.25, 0.3) is 6.08 Å². The summed E-state index contributed by atoms with van der Waals surface area (Å²) < 4.78 is 10.4. The number of ether oxygens (including phenoxy) is 2. The standard InChI is InChI=1S/C18H18N2O5/c1-12(10-13-4-9-16(24-2)17(11-13)25-3)18(21)19-14-5-7-15(8-6-14)20(22)23/h4-11H,1-3H3,(H,19,21)/b12-10+. The highest BCUT2D eigenvalue weighted by Gasteiger charge is 2.09. The quantitative estimate of drug-likeness (QED) is 0.491. The molecule has 0 bridgehead atoms. The molecule has 7 nitrogen and oxygen atoms in total. The summed E-state index contributed by atoms with van der Waals surface area (Å²) in [5, 5.41) is 13.3. The van der Waals surface area contributed by atoms with Gasteiger partial charge in [-0.25, -0.2) is 0 Å². The molecule has 2 rings (SSSR count). The molecule has 25 heavy (non-hydrogen) atoms. The van der Waals surface area contributed by atoms with Gasteiger partial charge in [-0.15, -0.1) is 0 Å². The van der Waals surface area contributed by atoms with E-state index in [2.05, 4.69) is 5.32 Å². The van der Waals surface area contributed by atoms with Crippen LogP contribution >= 0.6 is 0 Å². The number of nitro groups is 1. The van der Waals surface area contributed by atoms with Gasteiger partial charge in [0.1, 0.15) is 0 Å². The number of benzene rings is 2. The van der Waals surface area contributed by atoms with Crippen LogP contribution < -0.4 is 14.8 Å². The van der Waals surface area contributed by atoms with E-state index in [1.54, 1.807) is 39.4 Å². The van der Waals surface area contributed by atoms with Crippen LogP contribution in [-0.4, -0.2) is 25.1 Å². The van der Waals surface area contributed by atoms with Crippen molar-refractivity contribution in [3.8, 4) is 11.5 Å². The Morgan fingerprint density at radius 3 is 2.28 bits per heavy atom. The third-order valence-corrected chi connectivity index (χ3v) is 3.48. The van der Waals surface area contributed by atoms with Gasteiger partial charge >= 0.3 is 0 Å². The van der Waals surface area contributed by atoms with Crippen molar-refractivity contribution in [3.63, 3.8) is 0 Å². The van der Waals surface area contributed by atoms with Gasteiger partial charge in [0.25, 0.3) is 11.6 Å². The molecule has 0 aromatic heterocycles. The number of carbonyl (C=O) groups is 1. The second-order valence-corrected chi connectivity index (χ2v) is 5.20. The van der Waals surface area contributed by atoms with Crippen molar-refractivity contribution in [3.05, 3.63) is 63.7 Å². The first kappa shape index (κ1) is 18.0. The van der Waals surface area contributed by atoms with E-state index < -0.39 is 4.92 Å². The molecule has 0 aliphatic heterocycles. The summed E-state index contributed by atoms with van der Waals surface area (Å²) in [6.07, 6.45) is 1.71. The second kappa shape index (κ2) is 7.96. The van der Waals surface area contributed by atoms with E-state index in [9.17, 15) is 14.9 Å². The van der Waals surface area contributed by atoms with Gasteiger partial charge < -0.3 is 14.8 Å². The van der Waals surface area contributed by atoms with Crippen molar-refractivity contribution >= 4 is 23.4 Å². The largest absolute Gasteiger partial charge is 0.493 e. The van der Waals surface area contributed by atoms with Crippen molar-refractivity contribution in [2.24, 2.45) is 0 Å². The number of hydrogen-bond donors (Lipinski definition) is 1. The summed E-state index contributed by atoms with van der Waals surface area (Å²) in [7, 11) is 3.09. The van der Waals surface area contributed by atoms with Gasteiger partial charge in [0.15, 0.2) is 11.5 Å². The number of amides is 1. The number of methoxy groups -OCH3 is 2. The molecule has 2 aromatic rings. The molecule has 0 aliphatic carbocycles. The highest BCUT2D eigenvalue weighted by Crippen LogP contribution is 2.28. The highest BCUT2D eigenvalue weighted by molar-refractivity contribution is 6.06. The first-order valence-corrected chi connectivity index (χ1v) is 7.40. The van der Waals surface area contributed by atoms with Crippen LogP contribution in [0.4, 0.5) is 11.4 Å². The Morgan fingerprint density at radius 1 is 1.08 bits per heavy atom. The fourth-order valence-electron chi connectivity index (χ4n) is 2.15. The molecule has 1 N–H and O–H groups in total. The number of nitrogens with one attached hydrogen (secondary N) is 1. The van der Waals surface area contributed by atoms with E-state index in [4.69, 9.17) is 9.47 Å². The van der Waals surface area contributed by atoms with Crippen LogP contribution in [0.1, 0.15) is 12.5 Å². The van der Waals surface area contributed by atoms with Crippen molar-refractivity contribution in [1.82, 2.24) is 0 Å². The minimum Gasteiger partial charge on any atom is -0.493 e. The normalized spacial score (nSPS) is 10.9. The average Bonchev–Trinajstić information content (AvgIpc) is 2.61. The zero-order chi connectivity index (χ0) is 18.4. The van der Waals surface area contributed by atoms with Crippen LogP contribution in [-0.2, 0) is 4.79 Å². The number of anilines is 1. The van der Waals surface area contributed by atoms with Crippen molar-refractivity contribution in [1.29, 1.82) is 0 Å². The third-order valence-electron chi connectivity index (χ3n) is 3.48. The van der Waals surface area contributed by atoms with Crippen LogP contribution in [0.2, 0.25) is 0 Å². The van der Waals surface area contributed by atoms with E-state index in [0.717, 1.165) is 5.56 Å². The monoisotopic (exact) mass is 342 g/mol. The van der Waals surface area contributed by atoms with Gasteiger partial charge in [0.05, 0.1) is 19.1 Å². The smallest absolute Gasteiger partial charge is 0.269 e. The Hall–Kier alpha value is -3.35. The highest BCUT2D eigenvalue weighted by atomic mass is 16.6. The second-order valence-electron chi connectivity index (χ2n) is 5.20.